The summed E-state index contributed by atoms with van der Waals surface area (Å²) in [5, 5.41) is 13.0. The van der Waals surface area contributed by atoms with Gasteiger partial charge in [0.25, 0.3) is 0 Å². The van der Waals surface area contributed by atoms with Gasteiger partial charge in [-0.1, -0.05) is 5.16 Å². The average Bonchev–Trinajstić information content (AvgIpc) is 2.35. The summed E-state index contributed by atoms with van der Waals surface area (Å²) < 4.78 is 4.58. The molecule has 1 rings (SSSR count). The van der Waals surface area contributed by atoms with Crippen molar-refractivity contribution in [2.45, 2.75) is 13.3 Å². The maximum Gasteiger partial charge on any atom is 0.311 e. The molecule has 0 amide bonds. The highest BCUT2D eigenvalue weighted by atomic mass is 16.6. The van der Waals surface area contributed by atoms with Crippen LogP contribution in [0.1, 0.15) is 18.9 Å². The zero-order chi connectivity index (χ0) is 12.7. The van der Waals surface area contributed by atoms with Crippen molar-refractivity contribution in [2.24, 2.45) is 5.16 Å². The molecule has 5 heteroatoms. The lowest BCUT2D eigenvalue weighted by molar-refractivity contribution is -0.139. The highest BCUT2D eigenvalue weighted by Crippen LogP contribution is 2.12. The lowest BCUT2D eigenvalue weighted by Gasteiger charge is -2.05. The molecule has 0 fully saturated rings. The first kappa shape index (κ1) is 13.0. The molecule has 0 unspecified atom stereocenters. The van der Waals surface area contributed by atoms with Crippen molar-refractivity contribution in [3.8, 4) is 5.75 Å². The molecule has 0 spiro atoms. The molecule has 1 N–H and O–H groups in total. The Balaban J connectivity index is 2.89. The van der Waals surface area contributed by atoms with Crippen LogP contribution in [0.4, 0.5) is 0 Å². The Labute approximate surface area is 99.7 Å². The number of phenolic OH excluding ortho intramolecular Hbond substituents is 1. The lowest BCUT2D eigenvalue weighted by atomic mass is 10.1. The molecular formula is C12H15NO4. The van der Waals surface area contributed by atoms with E-state index in [-0.39, 0.29) is 12.2 Å². The van der Waals surface area contributed by atoms with E-state index in [0.29, 0.717) is 17.9 Å². The van der Waals surface area contributed by atoms with Gasteiger partial charge >= 0.3 is 5.97 Å². The van der Waals surface area contributed by atoms with Crippen LogP contribution < -0.4 is 0 Å². The van der Waals surface area contributed by atoms with Crippen LogP contribution in [0, 0.1) is 0 Å². The first-order valence-corrected chi connectivity index (χ1v) is 5.22. The summed E-state index contributed by atoms with van der Waals surface area (Å²) in [5.41, 5.74) is 1.18. The second-order valence-corrected chi connectivity index (χ2v) is 3.26. The van der Waals surface area contributed by atoms with Crippen LogP contribution in [0.5, 0.6) is 5.75 Å². The molecule has 0 bridgehead atoms. The Kier molecular flexibility index (Phi) is 5.00. The number of nitrogens with zero attached hydrogens (tertiary/aromatic N) is 1. The number of methoxy groups -OCH3 is 1. The molecule has 0 heterocycles. The molecule has 5 nitrogen and oxygen atoms in total. The second-order valence-electron chi connectivity index (χ2n) is 3.26. The Morgan fingerprint density at radius 2 is 2.00 bits per heavy atom. The molecule has 0 radical (unpaired) electrons. The molecule has 1 aromatic carbocycles. The number of benzene rings is 1. The normalized spacial score (nSPS) is 11.1. The Morgan fingerprint density at radius 1 is 1.35 bits per heavy atom. The highest BCUT2D eigenvalue weighted by molar-refractivity contribution is 6.09. The summed E-state index contributed by atoms with van der Waals surface area (Å²) in [7, 11) is 1.32. The van der Waals surface area contributed by atoms with Crippen LogP contribution in [0.3, 0.4) is 0 Å². The van der Waals surface area contributed by atoms with Gasteiger partial charge < -0.3 is 14.7 Å². The van der Waals surface area contributed by atoms with E-state index >= 15 is 0 Å². The number of aromatic hydroxyl groups is 1. The smallest absolute Gasteiger partial charge is 0.311 e. The summed E-state index contributed by atoms with van der Waals surface area (Å²) in [6.07, 6.45) is 0.0290. The van der Waals surface area contributed by atoms with Gasteiger partial charge in [0.2, 0.25) is 0 Å². The largest absolute Gasteiger partial charge is 0.508 e. The fourth-order valence-corrected chi connectivity index (χ4v) is 1.19. The van der Waals surface area contributed by atoms with Crippen molar-refractivity contribution in [2.75, 3.05) is 13.7 Å². The minimum absolute atomic E-state index is 0.0290. The van der Waals surface area contributed by atoms with E-state index in [1.165, 1.54) is 19.2 Å². The summed E-state index contributed by atoms with van der Waals surface area (Å²) in [5.74, 6) is -0.237. The van der Waals surface area contributed by atoms with Crippen molar-refractivity contribution >= 4 is 11.7 Å². The van der Waals surface area contributed by atoms with E-state index in [1.807, 2.05) is 0 Å². The van der Waals surface area contributed by atoms with Gasteiger partial charge in [0.1, 0.15) is 12.4 Å². The predicted molar refractivity (Wildman–Crippen MR) is 62.9 cm³/mol. The molecule has 92 valence electrons. The predicted octanol–water partition coefficient (Wildman–Crippen LogP) is 1.70. The van der Waals surface area contributed by atoms with Crippen molar-refractivity contribution in [3.05, 3.63) is 29.8 Å². The van der Waals surface area contributed by atoms with Crippen molar-refractivity contribution < 1.29 is 19.5 Å². The SMILES string of the molecule is CCO/N=C(/CC(=O)OC)c1ccc(O)cc1. The Hall–Kier alpha value is -2.04. The maximum absolute atomic E-state index is 11.2. The van der Waals surface area contributed by atoms with Crippen molar-refractivity contribution in [1.82, 2.24) is 0 Å². The third kappa shape index (κ3) is 4.14. The summed E-state index contributed by atoms with van der Waals surface area (Å²) in [6, 6.07) is 6.37. The molecular weight excluding hydrogens is 222 g/mol. The topological polar surface area (TPSA) is 68.1 Å². The number of ether oxygens (including phenoxy) is 1. The van der Waals surface area contributed by atoms with Crippen LogP contribution in [0.2, 0.25) is 0 Å². The molecule has 1 aromatic rings. The second kappa shape index (κ2) is 6.52. The number of rotatable bonds is 5. The molecule has 0 saturated heterocycles. The Morgan fingerprint density at radius 3 is 2.53 bits per heavy atom. The van der Waals surface area contributed by atoms with Gasteiger partial charge in [-0.2, -0.15) is 0 Å². The molecule has 0 aromatic heterocycles. The zero-order valence-corrected chi connectivity index (χ0v) is 9.84. The van der Waals surface area contributed by atoms with E-state index < -0.39 is 5.97 Å². The van der Waals surface area contributed by atoms with Crippen LogP contribution in [-0.4, -0.2) is 30.5 Å². The maximum atomic E-state index is 11.2. The van der Waals surface area contributed by atoms with Gasteiger partial charge in [0, 0.05) is 5.56 Å². The van der Waals surface area contributed by atoms with Crippen molar-refractivity contribution in [1.29, 1.82) is 0 Å². The van der Waals surface area contributed by atoms with Crippen LogP contribution in [-0.2, 0) is 14.4 Å². The fraction of sp³-hybridized carbons (Fsp3) is 0.333. The van der Waals surface area contributed by atoms with Gasteiger partial charge in [0.15, 0.2) is 0 Å². The van der Waals surface area contributed by atoms with Gasteiger partial charge in [-0.15, -0.1) is 0 Å². The molecule has 0 aliphatic rings. The number of carbonyl (C=O) groups excluding carboxylic acids is 1. The van der Waals surface area contributed by atoms with Crippen molar-refractivity contribution in [3.63, 3.8) is 0 Å². The van der Waals surface area contributed by atoms with E-state index in [9.17, 15) is 9.90 Å². The highest BCUT2D eigenvalue weighted by Gasteiger charge is 2.11. The number of oxime groups is 1. The molecule has 0 aliphatic heterocycles. The molecule has 17 heavy (non-hydrogen) atoms. The number of phenols is 1. The quantitative estimate of drug-likeness (QED) is 0.480. The fourth-order valence-electron chi connectivity index (χ4n) is 1.19. The summed E-state index contributed by atoms with van der Waals surface area (Å²) in [4.78, 5) is 16.2. The minimum Gasteiger partial charge on any atom is -0.508 e. The van der Waals surface area contributed by atoms with Gasteiger partial charge in [-0.05, 0) is 31.2 Å². The molecule has 0 saturated carbocycles. The van der Waals surface area contributed by atoms with Gasteiger partial charge in [0.05, 0.1) is 19.2 Å². The number of carbonyl (C=O) groups is 1. The van der Waals surface area contributed by atoms with E-state index in [4.69, 9.17) is 4.84 Å². The number of esters is 1. The molecule has 0 atom stereocenters. The zero-order valence-electron chi connectivity index (χ0n) is 9.84. The Bertz CT molecular complexity index is 397. The first-order chi connectivity index (χ1) is 8.17. The third-order valence-electron chi connectivity index (χ3n) is 2.04. The monoisotopic (exact) mass is 237 g/mol. The van der Waals surface area contributed by atoms with Gasteiger partial charge in [-0.3, -0.25) is 4.79 Å². The average molecular weight is 237 g/mol. The van der Waals surface area contributed by atoms with E-state index in [1.54, 1.807) is 19.1 Å². The number of hydrogen-bond donors (Lipinski definition) is 1. The lowest BCUT2D eigenvalue weighted by Crippen LogP contribution is -2.11. The first-order valence-electron chi connectivity index (χ1n) is 5.22. The third-order valence-corrected chi connectivity index (χ3v) is 2.04. The molecule has 0 aliphatic carbocycles. The number of hydrogen-bond acceptors (Lipinski definition) is 5. The van der Waals surface area contributed by atoms with Crippen LogP contribution in [0.15, 0.2) is 29.4 Å². The van der Waals surface area contributed by atoms with E-state index in [0.717, 1.165) is 0 Å². The summed E-state index contributed by atoms with van der Waals surface area (Å²) in [6.45, 7) is 2.22. The summed E-state index contributed by atoms with van der Waals surface area (Å²) >= 11 is 0. The minimum atomic E-state index is -0.392. The van der Waals surface area contributed by atoms with E-state index in [2.05, 4.69) is 9.89 Å². The standard InChI is InChI=1S/C12H15NO4/c1-3-17-13-11(8-12(15)16-2)9-4-6-10(14)7-5-9/h4-7,14H,3,8H2,1-2H3/b13-11-. The van der Waals surface area contributed by atoms with Gasteiger partial charge in [-0.25, -0.2) is 0 Å². The van der Waals surface area contributed by atoms with Crippen LogP contribution in [0.25, 0.3) is 0 Å². The van der Waals surface area contributed by atoms with Crippen LogP contribution >= 0.6 is 0 Å².